The summed E-state index contributed by atoms with van der Waals surface area (Å²) in [5.41, 5.74) is 7.29. The summed E-state index contributed by atoms with van der Waals surface area (Å²) in [6.07, 6.45) is 1.57. The molecule has 110 valence electrons. The van der Waals surface area contributed by atoms with Gasteiger partial charge in [0, 0.05) is 24.8 Å². The van der Waals surface area contributed by atoms with E-state index in [9.17, 15) is 4.39 Å². The number of anilines is 1. The minimum Gasteiger partial charge on any atom is -0.409 e. The van der Waals surface area contributed by atoms with E-state index < -0.39 is 0 Å². The van der Waals surface area contributed by atoms with Crippen molar-refractivity contribution in [1.29, 1.82) is 0 Å². The third kappa shape index (κ3) is 3.28. The molecule has 2 aromatic rings. The first-order valence-corrected chi connectivity index (χ1v) is 6.58. The Morgan fingerprint density at radius 2 is 2.10 bits per heavy atom. The molecule has 6 heteroatoms. The highest BCUT2D eigenvalue weighted by molar-refractivity contribution is 5.96. The molecule has 5 nitrogen and oxygen atoms in total. The Balaban J connectivity index is 2.34. The Labute approximate surface area is 122 Å². The van der Waals surface area contributed by atoms with Crippen LogP contribution in [0.4, 0.5) is 10.1 Å². The number of nitrogens with zero attached hydrogens (tertiary/aromatic N) is 3. The Morgan fingerprint density at radius 1 is 1.33 bits per heavy atom. The highest BCUT2D eigenvalue weighted by atomic mass is 19.1. The van der Waals surface area contributed by atoms with Crippen molar-refractivity contribution in [3.8, 4) is 0 Å². The maximum absolute atomic E-state index is 13.9. The van der Waals surface area contributed by atoms with Crippen molar-refractivity contribution in [3.05, 3.63) is 59.7 Å². The molecule has 0 aliphatic rings. The number of benzene rings is 1. The molecule has 3 N–H and O–H groups in total. The molecule has 1 aromatic carbocycles. The molecular weight excluding hydrogens is 271 g/mol. The Morgan fingerprint density at radius 3 is 2.76 bits per heavy atom. The Kier molecular flexibility index (Phi) is 4.71. The molecule has 2 rings (SSSR count). The van der Waals surface area contributed by atoms with Crippen molar-refractivity contribution in [2.24, 2.45) is 10.9 Å². The van der Waals surface area contributed by atoms with E-state index in [0.29, 0.717) is 24.5 Å². The first-order valence-electron chi connectivity index (χ1n) is 6.58. The van der Waals surface area contributed by atoms with Gasteiger partial charge in [0.05, 0.1) is 5.69 Å². The number of hydrogen-bond acceptors (Lipinski definition) is 4. The molecule has 1 heterocycles. The summed E-state index contributed by atoms with van der Waals surface area (Å²) in [6.45, 7) is 2.97. The molecule has 0 bridgehead atoms. The van der Waals surface area contributed by atoms with Gasteiger partial charge in [-0.15, -0.1) is 0 Å². The predicted octanol–water partition coefficient (Wildman–Crippen LogP) is 2.34. The second-order valence-corrected chi connectivity index (χ2v) is 4.46. The van der Waals surface area contributed by atoms with Crippen LogP contribution in [0.5, 0.6) is 0 Å². The maximum Gasteiger partial charge on any atom is 0.189 e. The van der Waals surface area contributed by atoms with Crippen molar-refractivity contribution >= 4 is 11.5 Å². The normalized spacial score (nSPS) is 11.4. The van der Waals surface area contributed by atoms with Crippen LogP contribution in [-0.2, 0) is 6.54 Å². The lowest BCUT2D eigenvalue weighted by Crippen LogP contribution is -2.26. The van der Waals surface area contributed by atoms with Crippen molar-refractivity contribution in [2.75, 3.05) is 11.4 Å². The SMILES string of the molecule is CCN(Cc1cccnc1C(N)=NO)c1ccccc1F. The number of hydrogen-bond donors (Lipinski definition) is 2. The maximum atomic E-state index is 13.9. The van der Waals surface area contributed by atoms with E-state index in [4.69, 9.17) is 10.9 Å². The highest BCUT2D eigenvalue weighted by Crippen LogP contribution is 2.21. The fraction of sp³-hybridized carbons (Fsp3) is 0.200. The zero-order valence-corrected chi connectivity index (χ0v) is 11.7. The van der Waals surface area contributed by atoms with E-state index in [0.717, 1.165) is 5.56 Å². The fourth-order valence-electron chi connectivity index (χ4n) is 2.13. The number of aromatic nitrogens is 1. The summed E-state index contributed by atoms with van der Waals surface area (Å²) < 4.78 is 13.9. The van der Waals surface area contributed by atoms with Crippen molar-refractivity contribution in [2.45, 2.75) is 13.5 Å². The van der Waals surface area contributed by atoms with E-state index in [1.165, 1.54) is 6.07 Å². The molecule has 0 spiro atoms. The number of amidine groups is 1. The largest absolute Gasteiger partial charge is 0.409 e. The molecule has 0 atom stereocenters. The molecule has 21 heavy (non-hydrogen) atoms. The fourth-order valence-corrected chi connectivity index (χ4v) is 2.13. The van der Waals surface area contributed by atoms with Gasteiger partial charge in [0.1, 0.15) is 11.5 Å². The van der Waals surface area contributed by atoms with Gasteiger partial charge in [0.25, 0.3) is 0 Å². The van der Waals surface area contributed by atoms with Gasteiger partial charge in [-0.2, -0.15) is 0 Å². The number of nitrogens with two attached hydrogens (primary N) is 1. The van der Waals surface area contributed by atoms with Crippen molar-refractivity contribution < 1.29 is 9.60 Å². The van der Waals surface area contributed by atoms with Gasteiger partial charge < -0.3 is 15.8 Å². The van der Waals surface area contributed by atoms with E-state index >= 15 is 0 Å². The molecule has 0 amide bonds. The Hall–Kier alpha value is -2.63. The lowest BCUT2D eigenvalue weighted by molar-refractivity contribution is 0.318. The van der Waals surface area contributed by atoms with Gasteiger partial charge in [0.15, 0.2) is 5.84 Å². The number of halogens is 1. The van der Waals surface area contributed by atoms with Gasteiger partial charge in [-0.3, -0.25) is 4.98 Å². The van der Waals surface area contributed by atoms with Crippen LogP contribution in [0.25, 0.3) is 0 Å². The predicted molar refractivity (Wildman–Crippen MR) is 79.9 cm³/mol. The standard InChI is InChI=1S/C15H17FN4O/c1-2-20(13-8-4-3-7-12(13)16)10-11-6-5-9-18-14(11)15(17)19-21/h3-9,21H,2,10H2,1H3,(H2,17,19). The summed E-state index contributed by atoms with van der Waals surface area (Å²) in [5.74, 6) is -0.344. The van der Waals surface area contributed by atoms with Gasteiger partial charge in [-0.25, -0.2) is 4.39 Å². The molecule has 0 fully saturated rings. The minimum absolute atomic E-state index is 0.0600. The average molecular weight is 288 g/mol. The second kappa shape index (κ2) is 6.69. The van der Waals surface area contributed by atoms with Gasteiger partial charge in [-0.05, 0) is 25.1 Å². The summed E-state index contributed by atoms with van der Waals surface area (Å²) in [6, 6.07) is 10.2. The third-order valence-corrected chi connectivity index (χ3v) is 3.18. The topological polar surface area (TPSA) is 74.7 Å². The number of oxime groups is 1. The highest BCUT2D eigenvalue weighted by Gasteiger charge is 2.14. The smallest absolute Gasteiger partial charge is 0.189 e. The second-order valence-electron chi connectivity index (χ2n) is 4.46. The molecule has 0 unspecified atom stereocenters. The van der Waals surface area contributed by atoms with Gasteiger partial charge in [0.2, 0.25) is 0 Å². The third-order valence-electron chi connectivity index (χ3n) is 3.18. The molecule has 0 aliphatic heterocycles. The lowest BCUT2D eigenvalue weighted by atomic mass is 10.1. The molecule has 1 aromatic heterocycles. The molecule has 0 radical (unpaired) electrons. The molecular formula is C15H17FN4O. The minimum atomic E-state index is -0.284. The van der Waals surface area contributed by atoms with Crippen LogP contribution in [0.2, 0.25) is 0 Å². The van der Waals surface area contributed by atoms with Crippen LogP contribution in [0.1, 0.15) is 18.2 Å². The zero-order chi connectivity index (χ0) is 15.2. The summed E-state index contributed by atoms with van der Waals surface area (Å²) in [7, 11) is 0. The summed E-state index contributed by atoms with van der Waals surface area (Å²) in [5, 5.41) is 11.8. The summed E-state index contributed by atoms with van der Waals surface area (Å²) >= 11 is 0. The van der Waals surface area contributed by atoms with Crippen LogP contribution in [-0.4, -0.2) is 22.6 Å². The van der Waals surface area contributed by atoms with Crippen molar-refractivity contribution in [1.82, 2.24) is 4.98 Å². The number of pyridine rings is 1. The van der Waals surface area contributed by atoms with Crippen LogP contribution < -0.4 is 10.6 Å². The van der Waals surface area contributed by atoms with Crippen LogP contribution >= 0.6 is 0 Å². The monoisotopic (exact) mass is 288 g/mol. The van der Waals surface area contributed by atoms with Crippen LogP contribution in [0.3, 0.4) is 0 Å². The number of para-hydroxylation sites is 1. The van der Waals surface area contributed by atoms with Crippen molar-refractivity contribution in [3.63, 3.8) is 0 Å². The van der Waals surface area contributed by atoms with E-state index in [1.54, 1.807) is 30.5 Å². The van der Waals surface area contributed by atoms with E-state index in [-0.39, 0.29) is 11.7 Å². The first kappa shape index (κ1) is 14.8. The lowest BCUT2D eigenvalue weighted by Gasteiger charge is -2.24. The van der Waals surface area contributed by atoms with Gasteiger partial charge >= 0.3 is 0 Å². The molecule has 0 aliphatic carbocycles. The van der Waals surface area contributed by atoms with E-state index in [1.807, 2.05) is 17.9 Å². The van der Waals surface area contributed by atoms with Crippen LogP contribution in [0, 0.1) is 5.82 Å². The first-order chi connectivity index (χ1) is 10.2. The molecule has 0 saturated heterocycles. The average Bonchev–Trinajstić information content (AvgIpc) is 2.53. The Bertz CT molecular complexity index is 645. The van der Waals surface area contributed by atoms with E-state index in [2.05, 4.69) is 10.1 Å². The number of rotatable bonds is 5. The quantitative estimate of drug-likeness (QED) is 0.383. The summed E-state index contributed by atoms with van der Waals surface area (Å²) in [4.78, 5) is 5.98. The van der Waals surface area contributed by atoms with Crippen LogP contribution in [0.15, 0.2) is 47.8 Å². The van der Waals surface area contributed by atoms with Gasteiger partial charge in [-0.1, -0.05) is 23.4 Å². The zero-order valence-electron chi connectivity index (χ0n) is 11.7. The molecule has 0 saturated carbocycles.